The molecule has 1 aromatic heterocycles. The van der Waals surface area contributed by atoms with E-state index in [4.69, 9.17) is 14.7 Å². The second-order valence-corrected chi connectivity index (χ2v) is 8.92. The third-order valence-electron chi connectivity index (χ3n) is 5.65. The minimum Gasteiger partial charge on any atom is -0.375 e. The number of guanidine groups is 1. The van der Waals surface area contributed by atoms with Crippen LogP contribution in [0, 0.1) is 5.92 Å². The number of methoxy groups -OCH3 is 1. The third-order valence-corrected chi connectivity index (χ3v) is 6.71. The molecule has 0 saturated heterocycles. The quantitative estimate of drug-likeness (QED) is 0.288. The maximum atomic E-state index is 5.38. The zero-order valence-electron chi connectivity index (χ0n) is 19.0. The van der Waals surface area contributed by atoms with E-state index in [9.17, 15) is 0 Å². The number of halogens is 1. The molecule has 0 bridgehead atoms. The smallest absolute Gasteiger partial charge is 0.194 e. The molecule has 29 heavy (non-hydrogen) atoms. The molecule has 168 valence electrons. The molecule has 0 aromatic carbocycles. The number of aromatic nitrogens is 1. The van der Waals surface area contributed by atoms with E-state index in [1.54, 1.807) is 18.4 Å². The molecular formula is C21H40IN5OS. The number of ether oxygens (including phenoxy) is 1. The highest BCUT2D eigenvalue weighted by atomic mass is 127. The largest absolute Gasteiger partial charge is 0.375 e. The average Bonchev–Trinajstić information content (AvgIpc) is 3.15. The summed E-state index contributed by atoms with van der Waals surface area (Å²) in [6.07, 6.45) is 6.84. The Labute approximate surface area is 198 Å². The number of hydrogen-bond acceptors (Lipinski definition) is 5. The van der Waals surface area contributed by atoms with Crippen molar-refractivity contribution < 1.29 is 4.74 Å². The molecule has 1 aliphatic carbocycles. The highest BCUT2D eigenvalue weighted by molar-refractivity contribution is 14.0. The Bertz CT molecular complexity index is 604. The van der Waals surface area contributed by atoms with Crippen LogP contribution in [0.2, 0.25) is 0 Å². The molecule has 0 radical (unpaired) electrons. The van der Waals surface area contributed by atoms with Crippen LogP contribution >= 0.6 is 35.3 Å². The summed E-state index contributed by atoms with van der Waals surface area (Å²) < 4.78 is 5.38. The lowest BCUT2D eigenvalue weighted by molar-refractivity contribution is 0.119. The van der Waals surface area contributed by atoms with Crippen molar-refractivity contribution in [1.29, 1.82) is 0 Å². The first kappa shape index (κ1) is 26.6. The summed E-state index contributed by atoms with van der Waals surface area (Å²) in [6.45, 7) is 6.60. The van der Waals surface area contributed by atoms with Gasteiger partial charge in [-0.3, -0.25) is 4.99 Å². The van der Waals surface area contributed by atoms with Gasteiger partial charge in [0.25, 0.3) is 0 Å². The van der Waals surface area contributed by atoms with Crippen molar-refractivity contribution in [2.24, 2.45) is 10.9 Å². The van der Waals surface area contributed by atoms with Gasteiger partial charge in [0, 0.05) is 32.1 Å². The zero-order chi connectivity index (χ0) is 20.5. The zero-order valence-corrected chi connectivity index (χ0v) is 22.1. The monoisotopic (exact) mass is 537 g/mol. The highest BCUT2D eigenvalue weighted by Gasteiger charge is 2.25. The number of likely N-dealkylation sites (N-methyl/N-ethyl adjacent to an activating group) is 1. The van der Waals surface area contributed by atoms with E-state index in [0.717, 1.165) is 42.2 Å². The molecule has 6 nitrogen and oxygen atoms in total. The van der Waals surface area contributed by atoms with E-state index >= 15 is 0 Å². The van der Waals surface area contributed by atoms with Crippen molar-refractivity contribution in [3.05, 3.63) is 16.1 Å². The van der Waals surface area contributed by atoms with Crippen LogP contribution in [0.1, 0.15) is 62.8 Å². The highest BCUT2D eigenvalue weighted by Crippen LogP contribution is 2.28. The normalized spacial score (nSPS) is 17.7. The van der Waals surface area contributed by atoms with Crippen molar-refractivity contribution in [3.8, 4) is 0 Å². The Kier molecular flexibility index (Phi) is 12.6. The van der Waals surface area contributed by atoms with Crippen LogP contribution in [0.15, 0.2) is 10.4 Å². The molecule has 2 unspecified atom stereocenters. The number of nitrogens with zero attached hydrogens (tertiary/aromatic N) is 4. The summed E-state index contributed by atoms with van der Waals surface area (Å²) in [5.41, 5.74) is 1.06. The van der Waals surface area contributed by atoms with Crippen LogP contribution in [0.4, 0.5) is 0 Å². The summed E-state index contributed by atoms with van der Waals surface area (Å²) >= 11 is 1.66. The molecule has 1 aliphatic rings. The van der Waals surface area contributed by atoms with Gasteiger partial charge in [-0.25, -0.2) is 4.98 Å². The van der Waals surface area contributed by atoms with E-state index in [1.807, 2.05) is 6.92 Å². The number of rotatable bonds is 9. The lowest BCUT2D eigenvalue weighted by atomic mass is 9.83. The fourth-order valence-corrected chi connectivity index (χ4v) is 4.75. The van der Waals surface area contributed by atoms with Crippen LogP contribution < -0.4 is 5.32 Å². The Morgan fingerprint density at radius 2 is 2.00 bits per heavy atom. The molecule has 2 rings (SSSR count). The van der Waals surface area contributed by atoms with Crippen molar-refractivity contribution in [3.63, 3.8) is 0 Å². The minimum atomic E-state index is 0. The van der Waals surface area contributed by atoms with Gasteiger partial charge in [0.2, 0.25) is 0 Å². The van der Waals surface area contributed by atoms with E-state index in [-0.39, 0.29) is 30.1 Å². The maximum absolute atomic E-state index is 5.38. The van der Waals surface area contributed by atoms with Gasteiger partial charge in [-0.2, -0.15) is 0 Å². The molecule has 0 spiro atoms. The summed E-state index contributed by atoms with van der Waals surface area (Å²) in [6, 6.07) is 0.510. The molecule has 1 fully saturated rings. The first-order valence-electron chi connectivity index (χ1n) is 10.6. The van der Waals surface area contributed by atoms with Crippen molar-refractivity contribution in [1.82, 2.24) is 20.1 Å². The second kappa shape index (κ2) is 13.8. The molecule has 2 atom stereocenters. The molecule has 1 heterocycles. The third kappa shape index (κ3) is 8.30. The van der Waals surface area contributed by atoms with Crippen LogP contribution in [-0.4, -0.2) is 68.1 Å². The molecular weight excluding hydrogens is 497 g/mol. The molecule has 1 saturated carbocycles. The van der Waals surface area contributed by atoms with Gasteiger partial charge in [-0.05, 0) is 46.7 Å². The summed E-state index contributed by atoms with van der Waals surface area (Å²) in [5.74, 6) is 1.72. The van der Waals surface area contributed by atoms with E-state index < -0.39 is 0 Å². The van der Waals surface area contributed by atoms with E-state index in [1.165, 1.54) is 32.1 Å². The average molecular weight is 538 g/mol. The van der Waals surface area contributed by atoms with Gasteiger partial charge < -0.3 is 19.9 Å². The van der Waals surface area contributed by atoms with Crippen molar-refractivity contribution in [2.75, 3.05) is 41.3 Å². The fraction of sp³-hybridized carbons (Fsp3) is 0.810. The SMILES string of the molecule is CCNC(=NCC(C1CCCCC1)N(C)C)N(C)Cc1csc(C(C)OC)n1.I. The van der Waals surface area contributed by atoms with Gasteiger partial charge in [-0.15, -0.1) is 35.3 Å². The summed E-state index contributed by atoms with van der Waals surface area (Å²) in [7, 11) is 8.20. The Morgan fingerprint density at radius 1 is 1.31 bits per heavy atom. The molecule has 1 aromatic rings. The Hall–Kier alpha value is -0.450. The Balaban J connectivity index is 0.00000420. The number of hydrogen-bond donors (Lipinski definition) is 1. The molecule has 1 N–H and O–H groups in total. The molecule has 8 heteroatoms. The molecule has 0 amide bonds. The lowest BCUT2D eigenvalue weighted by Crippen LogP contribution is -2.42. The number of nitrogens with one attached hydrogen (secondary N) is 1. The first-order valence-corrected chi connectivity index (χ1v) is 11.5. The van der Waals surface area contributed by atoms with Crippen molar-refractivity contribution >= 4 is 41.3 Å². The van der Waals surface area contributed by atoms with Gasteiger partial charge >= 0.3 is 0 Å². The predicted octanol–water partition coefficient (Wildman–Crippen LogP) is 4.38. The summed E-state index contributed by atoms with van der Waals surface area (Å²) in [5, 5.41) is 6.60. The maximum Gasteiger partial charge on any atom is 0.194 e. The predicted molar refractivity (Wildman–Crippen MR) is 134 cm³/mol. The van der Waals surface area contributed by atoms with Gasteiger partial charge in [0.1, 0.15) is 11.1 Å². The van der Waals surface area contributed by atoms with Crippen LogP contribution in [0.25, 0.3) is 0 Å². The standard InChI is InChI=1S/C21H39N5OS.HI/c1-7-22-21(23-13-19(25(3)4)17-11-9-8-10-12-17)26(5)14-18-15-28-20(24-18)16(2)27-6;/h15-17,19H,7-14H2,1-6H3,(H,22,23);1H. The lowest BCUT2D eigenvalue weighted by Gasteiger charge is -2.34. The fourth-order valence-electron chi connectivity index (χ4n) is 3.90. The van der Waals surface area contributed by atoms with Gasteiger partial charge in [-0.1, -0.05) is 19.3 Å². The molecule has 0 aliphatic heterocycles. The van der Waals surface area contributed by atoms with E-state index in [0.29, 0.717) is 6.04 Å². The van der Waals surface area contributed by atoms with E-state index in [2.05, 4.69) is 48.6 Å². The van der Waals surface area contributed by atoms with Gasteiger partial charge in [0.15, 0.2) is 5.96 Å². The summed E-state index contributed by atoms with van der Waals surface area (Å²) in [4.78, 5) is 14.3. The number of thiazole rings is 1. The minimum absolute atomic E-state index is 0. The van der Waals surface area contributed by atoms with Crippen LogP contribution in [0.5, 0.6) is 0 Å². The van der Waals surface area contributed by atoms with Gasteiger partial charge in [0.05, 0.1) is 18.8 Å². The van der Waals surface area contributed by atoms with Crippen LogP contribution in [0.3, 0.4) is 0 Å². The first-order chi connectivity index (χ1) is 13.5. The van der Waals surface area contributed by atoms with Crippen molar-refractivity contribution in [2.45, 2.75) is 64.6 Å². The topological polar surface area (TPSA) is 53.0 Å². The second-order valence-electron chi connectivity index (χ2n) is 8.03. The number of aliphatic imine (C=N–C) groups is 1. The van der Waals surface area contributed by atoms with Crippen LogP contribution in [-0.2, 0) is 11.3 Å². The Morgan fingerprint density at radius 3 is 2.59 bits per heavy atom.